The molecule has 0 spiro atoms. The lowest BCUT2D eigenvalue weighted by Crippen LogP contribution is -1.95. The summed E-state index contributed by atoms with van der Waals surface area (Å²) in [5.74, 6) is 0.161. The highest BCUT2D eigenvalue weighted by molar-refractivity contribution is 7.78. The summed E-state index contributed by atoms with van der Waals surface area (Å²) in [6.45, 7) is 0.532. The van der Waals surface area contributed by atoms with E-state index in [0.29, 0.717) is 6.54 Å². The van der Waals surface area contributed by atoms with E-state index in [1.807, 2.05) is 48.5 Å². The van der Waals surface area contributed by atoms with Crippen LogP contribution >= 0.6 is 0 Å². The Labute approximate surface area is 109 Å². The number of rotatable bonds is 4. The van der Waals surface area contributed by atoms with Crippen LogP contribution in [0.2, 0.25) is 0 Å². The molecule has 18 heavy (non-hydrogen) atoms. The van der Waals surface area contributed by atoms with Gasteiger partial charge in [-0.05, 0) is 22.3 Å². The molecule has 0 radical (unpaired) electrons. The molecule has 3 N–H and O–H groups in total. The zero-order valence-electron chi connectivity index (χ0n) is 9.87. The summed E-state index contributed by atoms with van der Waals surface area (Å²) in [5, 5.41) is 0. The fourth-order valence-corrected chi connectivity index (χ4v) is 2.28. The van der Waals surface area contributed by atoms with Crippen molar-refractivity contribution < 1.29 is 8.76 Å². The van der Waals surface area contributed by atoms with Gasteiger partial charge in [0, 0.05) is 6.54 Å². The molecule has 4 heteroatoms. The van der Waals surface area contributed by atoms with Crippen molar-refractivity contribution in [2.45, 2.75) is 12.3 Å². The summed E-state index contributed by atoms with van der Waals surface area (Å²) in [4.78, 5) is 0. The molecule has 2 aromatic rings. The number of benzene rings is 2. The van der Waals surface area contributed by atoms with E-state index in [1.165, 1.54) is 0 Å². The third-order valence-corrected chi connectivity index (χ3v) is 3.32. The molecule has 0 bridgehead atoms. The molecular weight excluding hydrogens is 246 g/mol. The first-order chi connectivity index (χ1) is 8.69. The molecule has 0 aliphatic carbocycles. The minimum atomic E-state index is -1.80. The predicted octanol–water partition coefficient (Wildman–Crippen LogP) is 2.53. The molecule has 1 atom stereocenters. The van der Waals surface area contributed by atoms with Gasteiger partial charge in [-0.25, -0.2) is 4.21 Å². The van der Waals surface area contributed by atoms with Gasteiger partial charge in [0.05, 0.1) is 5.75 Å². The Bertz CT molecular complexity index is 552. The SMILES string of the molecule is NCc1ccc(-c2cccc(CS(=O)O)c2)cc1. The van der Waals surface area contributed by atoms with E-state index in [2.05, 4.69) is 0 Å². The minimum Gasteiger partial charge on any atom is -0.326 e. The van der Waals surface area contributed by atoms with Crippen LogP contribution < -0.4 is 5.73 Å². The first kappa shape index (κ1) is 13.0. The zero-order chi connectivity index (χ0) is 13.0. The summed E-state index contributed by atoms with van der Waals surface area (Å²) >= 11 is -1.80. The van der Waals surface area contributed by atoms with Gasteiger partial charge in [-0.2, -0.15) is 0 Å². The standard InChI is InChI=1S/C14H15NO2S/c15-9-11-4-6-13(7-5-11)14-3-1-2-12(8-14)10-18(16)17/h1-8H,9-10,15H2,(H,16,17). The predicted molar refractivity (Wildman–Crippen MR) is 74.2 cm³/mol. The highest BCUT2D eigenvalue weighted by Gasteiger charge is 2.02. The van der Waals surface area contributed by atoms with Crippen LogP contribution in [0.5, 0.6) is 0 Å². The van der Waals surface area contributed by atoms with Gasteiger partial charge in [-0.3, -0.25) is 0 Å². The fourth-order valence-electron chi connectivity index (χ4n) is 1.82. The highest BCUT2D eigenvalue weighted by Crippen LogP contribution is 2.21. The summed E-state index contributed by atoms with van der Waals surface area (Å²) in [7, 11) is 0. The molecule has 1 unspecified atom stereocenters. The summed E-state index contributed by atoms with van der Waals surface area (Å²) in [6.07, 6.45) is 0. The molecule has 0 amide bonds. The molecule has 0 saturated carbocycles. The molecule has 3 nitrogen and oxygen atoms in total. The largest absolute Gasteiger partial charge is 0.326 e. The Hall–Kier alpha value is -1.49. The normalized spacial score (nSPS) is 12.3. The van der Waals surface area contributed by atoms with Crippen molar-refractivity contribution in [3.8, 4) is 11.1 Å². The van der Waals surface area contributed by atoms with Crippen LogP contribution in [-0.2, 0) is 23.4 Å². The maximum atomic E-state index is 10.8. The molecule has 0 aliphatic rings. The van der Waals surface area contributed by atoms with Crippen LogP contribution in [0.15, 0.2) is 48.5 Å². The second-order valence-electron chi connectivity index (χ2n) is 4.07. The van der Waals surface area contributed by atoms with E-state index in [0.717, 1.165) is 22.3 Å². The van der Waals surface area contributed by atoms with Crippen LogP contribution in [0.3, 0.4) is 0 Å². The number of nitrogens with two attached hydrogens (primary N) is 1. The smallest absolute Gasteiger partial charge is 0.157 e. The minimum absolute atomic E-state index is 0.161. The van der Waals surface area contributed by atoms with Gasteiger partial charge in [0.2, 0.25) is 0 Å². The number of hydrogen-bond acceptors (Lipinski definition) is 2. The fraction of sp³-hybridized carbons (Fsp3) is 0.143. The Balaban J connectivity index is 2.29. The Morgan fingerprint density at radius 2 is 1.72 bits per heavy atom. The van der Waals surface area contributed by atoms with Gasteiger partial charge < -0.3 is 10.3 Å². The molecule has 2 aromatic carbocycles. The highest BCUT2D eigenvalue weighted by atomic mass is 32.2. The van der Waals surface area contributed by atoms with Crippen molar-refractivity contribution in [3.05, 3.63) is 59.7 Å². The molecule has 0 heterocycles. The molecular formula is C14H15NO2S. The van der Waals surface area contributed by atoms with Gasteiger partial charge in [-0.15, -0.1) is 0 Å². The maximum Gasteiger partial charge on any atom is 0.157 e. The van der Waals surface area contributed by atoms with Gasteiger partial charge >= 0.3 is 0 Å². The monoisotopic (exact) mass is 261 g/mol. The second kappa shape index (κ2) is 5.91. The Kier molecular flexibility index (Phi) is 4.25. The van der Waals surface area contributed by atoms with E-state index in [-0.39, 0.29) is 5.75 Å². The molecule has 0 aliphatic heterocycles. The van der Waals surface area contributed by atoms with Gasteiger partial charge in [0.15, 0.2) is 11.1 Å². The van der Waals surface area contributed by atoms with Gasteiger partial charge in [0.25, 0.3) is 0 Å². The Morgan fingerprint density at radius 1 is 1.00 bits per heavy atom. The molecule has 94 valence electrons. The molecule has 2 rings (SSSR count). The number of hydrogen-bond donors (Lipinski definition) is 2. The average molecular weight is 261 g/mol. The van der Waals surface area contributed by atoms with Crippen LogP contribution in [-0.4, -0.2) is 8.76 Å². The van der Waals surface area contributed by atoms with Gasteiger partial charge in [-0.1, -0.05) is 48.5 Å². The summed E-state index contributed by atoms with van der Waals surface area (Å²) in [5.41, 5.74) is 9.63. The van der Waals surface area contributed by atoms with Crippen LogP contribution in [0, 0.1) is 0 Å². The van der Waals surface area contributed by atoms with Gasteiger partial charge in [0.1, 0.15) is 0 Å². The van der Waals surface area contributed by atoms with Crippen molar-refractivity contribution in [1.82, 2.24) is 0 Å². The lowest BCUT2D eigenvalue weighted by Gasteiger charge is -2.05. The quantitative estimate of drug-likeness (QED) is 0.831. The van der Waals surface area contributed by atoms with Crippen molar-refractivity contribution >= 4 is 11.1 Å². The molecule has 0 saturated heterocycles. The van der Waals surface area contributed by atoms with Crippen molar-refractivity contribution in [1.29, 1.82) is 0 Å². The van der Waals surface area contributed by atoms with E-state index in [4.69, 9.17) is 10.3 Å². The third kappa shape index (κ3) is 3.26. The van der Waals surface area contributed by atoms with E-state index >= 15 is 0 Å². The average Bonchev–Trinajstić information content (AvgIpc) is 2.38. The summed E-state index contributed by atoms with van der Waals surface area (Å²) < 4.78 is 19.7. The van der Waals surface area contributed by atoms with Crippen molar-refractivity contribution in [2.24, 2.45) is 5.73 Å². The third-order valence-electron chi connectivity index (χ3n) is 2.74. The first-order valence-corrected chi connectivity index (χ1v) is 6.92. The molecule has 0 aromatic heterocycles. The lowest BCUT2D eigenvalue weighted by atomic mass is 10.0. The zero-order valence-corrected chi connectivity index (χ0v) is 10.7. The van der Waals surface area contributed by atoms with E-state index in [9.17, 15) is 4.21 Å². The maximum absolute atomic E-state index is 10.8. The van der Waals surface area contributed by atoms with Crippen molar-refractivity contribution in [3.63, 3.8) is 0 Å². The topological polar surface area (TPSA) is 63.3 Å². The lowest BCUT2D eigenvalue weighted by molar-refractivity contribution is 0.563. The second-order valence-corrected chi connectivity index (χ2v) is 5.00. The molecule has 0 fully saturated rings. The first-order valence-electron chi connectivity index (χ1n) is 5.65. The van der Waals surface area contributed by atoms with Crippen LogP contribution in [0.1, 0.15) is 11.1 Å². The van der Waals surface area contributed by atoms with E-state index in [1.54, 1.807) is 0 Å². The van der Waals surface area contributed by atoms with Crippen molar-refractivity contribution in [2.75, 3.05) is 0 Å². The van der Waals surface area contributed by atoms with Crippen LogP contribution in [0.4, 0.5) is 0 Å². The summed E-state index contributed by atoms with van der Waals surface area (Å²) in [6, 6.07) is 15.7. The van der Waals surface area contributed by atoms with E-state index < -0.39 is 11.1 Å². The van der Waals surface area contributed by atoms with Crippen LogP contribution in [0.25, 0.3) is 11.1 Å². The Morgan fingerprint density at radius 3 is 2.33 bits per heavy atom.